The molecule has 0 bridgehead atoms. The van der Waals surface area contributed by atoms with Gasteiger partial charge in [0.1, 0.15) is 0 Å². The zero-order valence-corrected chi connectivity index (χ0v) is 18.5. The van der Waals surface area contributed by atoms with Crippen LogP contribution >= 0.6 is 0 Å². The fourth-order valence-electron chi connectivity index (χ4n) is 3.47. The summed E-state index contributed by atoms with van der Waals surface area (Å²) in [5.41, 5.74) is 1.39. The minimum atomic E-state index is -2.23. The Bertz CT molecular complexity index is 392. The predicted molar refractivity (Wildman–Crippen MR) is 105 cm³/mol. The standard InChI is InChI=1S/C8H10N.3C4H9.Sn/c1-9(2)8-6-4-3-5-7-8;3*1-3-4-2;/h3-4,6-7H,1-2H3;3*1,3-4H2,2H3;. The van der Waals surface area contributed by atoms with Gasteiger partial charge < -0.3 is 0 Å². The Morgan fingerprint density at radius 2 is 1.32 bits per heavy atom. The van der Waals surface area contributed by atoms with Gasteiger partial charge in [-0.05, 0) is 0 Å². The summed E-state index contributed by atoms with van der Waals surface area (Å²) in [7, 11) is 4.33. The average Bonchev–Trinajstić information content (AvgIpc) is 2.54. The van der Waals surface area contributed by atoms with Crippen molar-refractivity contribution < 1.29 is 0 Å². The molecule has 1 nitrogen and oxygen atoms in total. The zero-order chi connectivity index (χ0) is 16.4. The van der Waals surface area contributed by atoms with Crippen LogP contribution in [0.2, 0.25) is 13.3 Å². The van der Waals surface area contributed by atoms with Crippen LogP contribution in [0.5, 0.6) is 0 Å². The number of hydrogen-bond donors (Lipinski definition) is 0. The van der Waals surface area contributed by atoms with Crippen molar-refractivity contribution in [3.05, 3.63) is 24.3 Å². The van der Waals surface area contributed by atoms with Gasteiger partial charge in [-0.3, -0.25) is 0 Å². The normalized spacial score (nSPS) is 11.7. The van der Waals surface area contributed by atoms with E-state index in [9.17, 15) is 0 Å². The van der Waals surface area contributed by atoms with E-state index in [2.05, 4.69) is 64.0 Å². The van der Waals surface area contributed by atoms with Gasteiger partial charge in [-0.15, -0.1) is 0 Å². The average molecular weight is 410 g/mol. The van der Waals surface area contributed by atoms with Gasteiger partial charge in [0.25, 0.3) is 0 Å². The minimum absolute atomic E-state index is 1.35. The molecule has 2 heteroatoms. The molecule has 0 amide bonds. The number of hydrogen-bond acceptors (Lipinski definition) is 1. The molecule has 1 aromatic carbocycles. The fourth-order valence-corrected chi connectivity index (χ4v) is 19.5. The second-order valence-corrected chi connectivity index (χ2v) is 20.3. The van der Waals surface area contributed by atoms with Gasteiger partial charge in [0.2, 0.25) is 0 Å². The molecule has 0 N–H and O–H groups in total. The molecule has 0 radical (unpaired) electrons. The van der Waals surface area contributed by atoms with E-state index in [0.717, 1.165) is 0 Å². The van der Waals surface area contributed by atoms with Gasteiger partial charge in [0, 0.05) is 0 Å². The Hall–Kier alpha value is -0.181. The molecule has 22 heavy (non-hydrogen) atoms. The van der Waals surface area contributed by atoms with Crippen LogP contribution in [0.4, 0.5) is 5.69 Å². The maximum absolute atomic E-state index is 2.54. The third kappa shape index (κ3) is 5.79. The number of unbranched alkanes of at least 4 members (excludes halogenated alkanes) is 3. The summed E-state index contributed by atoms with van der Waals surface area (Å²) in [5.74, 6) is 0. The van der Waals surface area contributed by atoms with Crippen molar-refractivity contribution in [3.8, 4) is 0 Å². The summed E-state index contributed by atoms with van der Waals surface area (Å²) in [4.78, 5) is 2.26. The molecule has 0 spiro atoms. The van der Waals surface area contributed by atoms with Gasteiger partial charge in [-0.2, -0.15) is 0 Å². The van der Waals surface area contributed by atoms with Crippen LogP contribution in [0.1, 0.15) is 59.3 Å². The van der Waals surface area contributed by atoms with Gasteiger partial charge in [0.15, 0.2) is 0 Å². The molecular weight excluding hydrogens is 373 g/mol. The van der Waals surface area contributed by atoms with E-state index < -0.39 is 18.4 Å². The first-order valence-corrected chi connectivity index (χ1v) is 16.9. The Morgan fingerprint density at radius 3 is 1.73 bits per heavy atom. The molecule has 0 atom stereocenters. The molecule has 0 unspecified atom stereocenters. The summed E-state index contributed by atoms with van der Waals surface area (Å²) in [6.45, 7) is 7.06. The van der Waals surface area contributed by atoms with Crippen LogP contribution in [0.3, 0.4) is 0 Å². The van der Waals surface area contributed by atoms with E-state index in [0.29, 0.717) is 0 Å². The first kappa shape index (κ1) is 19.9. The van der Waals surface area contributed by atoms with E-state index in [1.54, 1.807) is 16.9 Å². The summed E-state index contributed by atoms with van der Waals surface area (Å²) < 4.78 is 6.46. The van der Waals surface area contributed by atoms with Crippen LogP contribution < -0.4 is 8.48 Å². The first-order chi connectivity index (χ1) is 10.6. The summed E-state index contributed by atoms with van der Waals surface area (Å²) >= 11 is -2.23. The molecule has 0 aliphatic heterocycles. The van der Waals surface area contributed by atoms with Gasteiger partial charge in [0.05, 0.1) is 0 Å². The fraction of sp³-hybridized carbons (Fsp3) is 0.700. The quantitative estimate of drug-likeness (QED) is 0.417. The number of rotatable bonds is 11. The summed E-state index contributed by atoms with van der Waals surface area (Å²) in [6.07, 6.45) is 8.37. The Kier molecular flexibility index (Phi) is 9.54. The van der Waals surface area contributed by atoms with Crippen LogP contribution in [0, 0.1) is 0 Å². The van der Waals surface area contributed by atoms with Crippen molar-refractivity contribution in [2.45, 2.75) is 72.6 Å². The van der Waals surface area contributed by atoms with Crippen LogP contribution in [0.15, 0.2) is 24.3 Å². The first-order valence-electron chi connectivity index (χ1n) is 9.37. The maximum atomic E-state index is 2.54. The molecule has 0 heterocycles. The zero-order valence-electron chi connectivity index (χ0n) is 15.6. The topological polar surface area (TPSA) is 3.24 Å². The molecule has 126 valence electrons. The van der Waals surface area contributed by atoms with E-state index in [4.69, 9.17) is 0 Å². The second kappa shape index (κ2) is 10.6. The molecule has 0 aliphatic carbocycles. The molecule has 0 aromatic heterocycles. The predicted octanol–water partition coefficient (Wildman–Crippen LogP) is 5.81. The monoisotopic (exact) mass is 411 g/mol. The van der Waals surface area contributed by atoms with Crippen molar-refractivity contribution in [2.75, 3.05) is 19.0 Å². The van der Waals surface area contributed by atoms with Gasteiger partial charge in [-0.25, -0.2) is 0 Å². The molecule has 0 saturated heterocycles. The molecule has 1 aromatic rings. The Balaban J connectivity index is 3.15. The third-order valence-corrected chi connectivity index (χ3v) is 20.6. The van der Waals surface area contributed by atoms with E-state index >= 15 is 0 Å². The van der Waals surface area contributed by atoms with Crippen LogP contribution in [-0.4, -0.2) is 32.5 Å². The third-order valence-electron chi connectivity index (χ3n) is 5.00. The van der Waals surface area contributed by atoms with Gasteiger partial charge in [-0.1, -0.05) is 0 Å². The molecular formula is C20H37NSn. The number of nitrogens with zero attached hydrogens (tertiary/aromatic N) is 1. The van der Waals surface area contributed by atoms with Crippen molar-refractivity contribution in [1.29, 1.82) is 0 Å². The Labute approximate surface area is 143 Å². The molecule has 0 fully saturated rings. The van der Waals surface area contributed by atoms with Crippen molar-refractivity contribution in [3.63, 3.8) is 0 Å². The second-order valence-electron chi connectivity index (χ2n) is 7.04. The summed E-state index contributed by atoms with van der Waals surface area (Å²) in [5, 5.41) is 0. The van der Waals surface area contributed by atoms with Crippen LogP contribution in [0.25, 0.3) is 0 Å². The van der Waals surface area contributed by atoms with E-state index in [1.165, 1.54) is 44.2 Å². The van der Waals surface area contributed by atoms with Crippen LogP contribution in [-0.2, 0) is 0 Å². The molecule has 0 aliphatic rings. The van der Waals surface area contributed by atoms with Crippen molar-refractivity contribution >= 4 is 27.6 Å². The molecule has 0 saturated carbocycles. The van der Waals surface area contributed by atoms with E-state index in [1.807, 2.05) is 0 Å². The summed E-state index contributed by atoms with van der Waals surface area (Å²) in [6, 6.07) is 9.58. The number of benzene rings is 1. The van der Waals surface area contributed by atoms with Gasteiger partial charge >= 0.3 is 144 Å². The number of anilines is 1. The van der Waals surface area contributed by atoms with Crippen molar-refractivity contribution in [1.82, 2.24) is 0 Å². The Morgan fingerprint density at radius 1 is 0.818 bits per heavy atom. The van der Waals surface area contributed by atoms with E-state index in [-0.39, 0.29) is 0 Å². The molecule has 1 rings (SSSR count). The SMILES string of the molecule is CCC[CH2][Sn]([CH2]CCC)([CH2]CCC)[c]1cccc(N(C)C)c1. The van der Waals surface area contributed by atoms with Crippen molar-refractivity contribution in [2.24, 2.45) is 0 Å².